The second kappa shape index (κ2) is 7.83. The molecule has 136 valence electrons. The number of aliphatic hydroxyl groups excluding tert-OH is 1. The molecule has 1 N–H and O–H groups in total. The first-order chi connectivity index (χ1) is 12.5. The molecule has 2 aromatic carbocycles. The van der Waals surface area contributed by atoms with Gasteiger partial charge in [-0.3, -0.25) is 9.59 Å². The van der Waals surface area contributed by atoms with E-state index in [0.29, 0.717) is 24.2 Å². The summed E-state index contributed by atoms with van der Waals surface area (Å²) in [5.41, 5.74) is 1.75. The van der Waals surface area contributed by atoms with E-state index in [1.54, 1.807) is 29.2 Å². The molecule has 0 spiro atoms. The van der Waals surface area contributed by atoms with Gasteiger partial charge in [0.2, 0.25) is 0 Å². The van der Waals surface area contributed by atoms with Gasteiger partial charge in [0, 0.05) is 24.1 Å². The molecule has 1 aliphatic rings. The number of ketones is 1. The molecule has 1 heterocycles. The Hall–Kier alpha value is -2.46. The lowest BCUT2D eigenvalue weighted by molar-refractivity contribution is 0.0270. The molecule has 1 amide bonds. The van der Waals surface area contributed by atoms with Gasteiger partial charge in [0.25, 0.3) is 5.91 Å². The van der Waals surface area contributed by atoms with E-state index in [2.05, 4.69) is 12.1 Å². The Morgan fingerprint density at radius 2 is 1.69 bits per heavy atom. The molecule has 2 aromatic rings. The SMILES string of the molecule is CC(=O)c1ccccc1C(=O)N1CCCC(CO)(Cc2ccccc2)C1. The number of hydrogen-bond acceptors (Lipinski definition) is 3. The van der Waals surface area contributed by atoms with Crippen LogP contribution >= 0.6 is 0 Å². The van der Waals surface area contributed by atoms with Gasteiger partial charge in [-0.15, -0.1) is 0 Å². The number of amides is 1. The highest BCUT2D eigenvalue weighted by atomic mass is 16.3. The molecule has 1 atom stereocenters. The minimum Gasteiger partial charge on any atom is -0.396 e. The Kier molecular flexibility index (Phi) is 5.52. The molecule has 0 saturated carbocycles. The van der Waals surface area contributed by atoms with Crippen molar-refractivity contribution < 1.29 is 14.7 Å². The van der Waals surface area contributed by atoms with E-state index in [1.807, 2.05) is 18.2 Å². The number of likely N-dealkylation sites (tertiary alicyclic amines) is 1. The highest BCUT2D eigenvalue weighted by Gasteiger charge is 2.37. The van der Waals surface area contributed by atoms with Gasteiger partial charge in [-0.25, -0.2) is 0 Å². The third-order valence-corrected chi connectivity index (χ3v) is 5.24. The smallest absolute Gasteiger partial charge is 0.254 e. The fourth-order valence-corrected chi connectivity index (χ4v) is 3.89. The summed E-state index contributed by atoms with van der Waals surface area (Å²) in [6.45, 7) is 2.68. The molecule has 26 heavy (non-hydrogen) atoms. The zero-order valence-electron chi connectivity index (χ0n) is 15.1. The van der Waals surface area contributed by atoms with Crippen LogP contribution in [-0.2, 0) is 6.42 Å². The molecule has 0 aromatic heterocycles. The molecule has 4 heteroatoms. The second-order valence-electron chi connectivity index (χ2n) is 7.25. The third kappa shape index (κ3) is 3.86. The zero-order valence-corrected chi connectivity index (χ0v) is 15.1. The Morgan fingerprint density at radius 3 is 2.35 bits per heavy atom. The number of nitrogens with zero attached hydrogens (tertiary/aromatic N) is 1. The second-order valence-corrected chi connectivity index (χ2v) is 7.25. The van der Waals surface area contributed by atoms with Crippen molar-refractivity contribution in [1.82, 2.24) is 4.90 Å². The van der Waals surface area contributed by atoms with E-state index >= 15 is 0 Å². The predicted octanol–water partition coefficient (Wildman–Crippen LogP) is 3.35. The topological polar surface area (TPSA) is 57.6 Å². The summed E-state index contributed by atoms with van der Waals surface area (Å²) in [4.78, 5) is 26.7. The number of carbonyl (C=O) groups is 2. The van der Waals surface area contributed by atoms with Crippen molar-refractivity contribution in [3.05, 3.63) is 71.3 Å². The molecule has 1 saturated heterocycles. The molecule has 0 aliphatic carbocycles. The van der Waals surface area contributed by atoms with Gasteiger partial charge < -0.3 is 10.0 Å². The van der Waals surface area contributed by atoms with Crippen molar-refractivity contribution in [1.29, 1.82) is 0 Å². The van der Waals surface area contributed by atoms with Crippen molar-refractivity contribution in [2.24, 2.45) is 5.41 Å². The Labute approximate surface area is 154 Å². The number of piperidine rings is 1. The van der Waals surface area contributed by atoms with Crippen molar-refractivity contribution in [3.8, 4) is 0 Å². The number of rotatable bonds is 5. The molecule has 0 radical (unpaired) electrons. The summed E-state index contributed by atoms with van der Waals surface area (Å²) in [6, 6.07) is 17.1. The van der Waals surface area contributed by atoms with Crippen molar-refractivity contribution >= 4 is 11.7 Å². The molecule has 1 unspecified atom stereocenters. The molecule has 1 aliphatic heterocycles. The average Bonchev–Trinajstić information content (AvgIpc) is 2.68. The monoisotopic (exact) mass is 351 g/mol. The molecule has 1 fully saturated rings. The third-order valence-electron chi connectivity index (χ3n) is 5.24. The minimum atomic E-state index is -0.333. The summed E-state index contributed by atoms with van der Waals surface area (Å²) in [6.07, 6.45) is 2.47. The van der Waals surface area contributed by atoms with Crippen molar-refractivity contribution in [2.75, 3.05) is 19.7 Å². The molecule has 4 nitrogen and oxygen atoms in total. The van der Waals surface area contributed by atoms with Gasteiger partial charge >= 0.3 is 0 Å². The van der Waals surface area contributed by atoms with Crippen LogP contribution in [0.5, 0.6) is 0 Å². The van der Waals surface area contributed by atoms with Gasteiger partial charge in [0.15, 0.2) is 5.78 Å². The number of hydrogen-bond donors (Lipinski definition) is 1. The van der Waals surface area contributed by atoms with Crippen LogP contribution in [0, 0.1) is 5.41 Å². The van der Waals surface area contributed by atoms with Crippen LogP contribution in [0.15, 0.2) is 54.6 Å². The fourth-order valence-electron chi connectivity index (χ4n) is 3.89. The van der Waals surface area contributed by atoms with E-state index in [1.165, 1.54) is 12.5 Å². The van der Waals surface area contributed by atoms with Gasteiger partial charge in [0.1, 0.15) is 0 Å². The van der Waals surface area contributed by atoms with E-state index in [9.17, 15) is 14.7 Å². The Bertz CT molecular complexity index is 787. The predicted molar refractivity (Wildman–Crippen MR) is 101 cm³/mol. The summed E-state index contributed by atoms with van der Waals surface area (Å²) in [7, 11) is 0. The van der Waals surface area contributed by atoms with Crippen molar-refractivity contribution in [3.63, 3.8) is 0 Å². The van der Waals surface area contributed by atoms with Gasteiger partial charge in [-0.05, 0) is 37.8 Å². The van der Waals surface area contributed by atoms with Crippen LogP contribution < -0.4 is 0 Å². The number of carbonyl (C=O) groups excluding carboxylic acids is 2. The first-order valence-corrected chi connectivity index (χ1v) is 9.09. The summed E-state index contributed by atoms with van der Waals surface area (Å²) in [5.74, 6) is -0.231. The highest BCUT2D eigenvalue weighted by molar-refractivity contribution is 6.07. The quantitative estimate of drug-likeness (QED) is 0.841. The Balaban J connectivity index is 1.83. The maximum atomic E-state index is 13.1. The van der Waals surface area contributed by atoms with E-state index in [-0.39, 0.29) is 23.7 Å². The lowest BCUT2D eigenvalue weighted by Gasteiger charge is -2.42. The maximum absolute atomic E-state index is 13.1. The normalized spacial score (nSPS) is 20.0. The van der Waals surface area contributed by atoms with E-state index < -0.39 is 0 Å². The Morgan fingerprint density at radius 1 is 1.04 bits per heavy atom. The van der Waals surface area contributed by atoms with Crippen LogP contribution in [0.3, 0.4) is 0 Å². The summed E-state index contributed by atoms with van der Waals surface area (Å²) < 4.78 is 0. The van der Waals surface area contributed by atoms with Gasteiger partial charge in [-0.2, -0.15) is 0 Å². The van der Waals surface area contributed by atoms with Crippen LogP contribution in [0.1, 0.15) is 46.0 Å². The summed E-state index contributed by atoms with van der Waals surface area (Å²) >= 11 is 0. The maximum Gasteiger partial charge on any atom is 0.254 e. The number of aliphatic hydroxyl groups is 1. The van der Waals surface area contributed by atoms with E-state index in [0.717, 1.165) is 19.3 Å². The van der Waals surface area contributed by atoms with Crippen LogP contribution in [0.4, 0.5) is 0 Å². The molecular weight excluding hydrogens is 326 g/mol. The number of Topliss-reactive ketones (excluding diaryl/α,β-unsaturated/α-hetero) is 1. The minimum absolute atomic E-state index is 0.0417. The van der Waals surface area contributed by atoms with Crippen LogP contribution in [0.25, 0.3) is 0 Å². The van der Waals surface area contributed by atoms with E-state index in [4.69, 9.17) is 0 Å². The first kappa shape index (κ1) is 18.3. The van der Waals surface area contributed by atoms with Gasteiger partial charge in [-0.1, -0.05) is 48.5 Å². The highest BCUT2D eigenvalue weighted by Crippen LogP contribution is 2.34. The average molecular weight is 351 g/mol. The first-order valence-electron chi connectivity index (χ1n) is 9.09. The fraction of sp³-hybridized carbons (Fsp3) is 0.364. The molecule has 3 rings (SSSR count). The lowest BCUT2D eigenvalue weighted by Crippen LogP contribution is -2.49. The van der Waals surface area contributed by atoms with Crippen molar-refractivity contribution in [2.45, 2.75) is 26.2 Å². The standard InChI is InChI=1S/C22H25NO3/c1-17(25)19-10-5-6-11-20(19)21(26)23-13-7-12-22(15-23,16-24)14-18-8-3-2-4-9-18/h2-6,8-11,24H,7,12-16H2,1H3. The summed E-state index contributed by atoms with van der Waals surface area (Å²) in [5, 5.41) is 10.1. The van der Waals surface area contributed by atoms with Gasteiger partial charge in [0.05, 0.1) is 12.2 Å². The van der Waals surface area contributed by atoms with Crippen LogP contribution in [0.2, 0.25) is 0 Å². The molecule has 0 bridgehead atoms. The lowest BCUT2D eigenvalue weighted by atomic mass is 9.75. The number of benzene rings is 2. The van der Waals surface area contributed by atoms with Crippen LogP contribution in [-0.4, -0.2) is 41.4 Å². The zero-order chi connectivity index (χ0) is 18.6. The largest absolute Gasteiger partial charge is 0.396 e. The molecular formula is C22H25NO3.